The zero-order valence-electron chi connectivity index (χ0n) is 14.1. The van der Waals surface area contributed by atoms with Crippen molar-refractivity contribution < 1.29 is 17.9 Å². The van der Waals surface area contributed by atoms with Crippen LogP contribution in [-0.2, 0) is 15.4 Å². The molecule has 1 fully saturated rings. The van der Waals surface area contributed by atoms with Gasteiger partial charge in [-0.3, -0.25) is 0 Å². The van der Waals surface area contributed by atoms with Gasteiger partial charge in [0.05, 0.1) is 14.2 Å². The molecule has 1 saturated carbocycles. The number of methoxy groups -OCH3 is 2. The van der Waals surface area contributed by atoms with E-state index in [-0.39, 0.29) is 16.1 Å². The normalized spacial score (nSPS) is 15.6. The van der Waals surface area contributed by atoms with Crippen LogP contribution in [0.25, 0.3) is 0 Å². The van der Waals surface area contributed by atoms with Gasteiger partial charge in [0.1, 0.15) is 16.4 Å². The Morgan fingerprint density at radius 2 is 1.76 bits per heavy atom. The number of hydrogen-bond donors (Lipinski definition) is 1. The van der Waals surface area contributed by atoms with Gasteiger partial charge in [0.2, 0.25) is 10.0 Å². The number of halogens is 1. The molecule has 0 saturated heterocycles. The van der Waals surface area contributed by atoms with Gasteiger partial charge in [-0.1, -0.05) is 23.7 Å². The van der Waals surface area contributed by atoms with Crippen molar-refractivity contribution in [1.29, 1.82) is 0 Å². The highest BCUT2D eigenvalue weighted by molar-refractivity contribution is 7.89. The van der Waals surface area contributed by atoms with Gasteiger partial charge in [-0.2, -0.15) is 0 Å². The summed E-state index contributed by atoms with van der Waals surface area (Å²) < 4.78 is 38.6. The van der Waals surface area contributed by atoms with Crippen molar-refractivity contribution in [1.82, 2.24) is 4.72 Å². The molecule has 0 aromatic heterocycles. The Morgan fingerprint density at radius 3 is 2.32 bits per heavy atom. The molecule has 0 unspecified atom stereocenters. The lowest BCUT2D eigenvalue weighted by Crippen LogP contribution is -2.32. The molecule has 0 radical (unpaired) electrons. The maximum Gasteiger partial charge on any atom is 0.244 e. The third kappa shape index (κ3) is 3.76. The number of nitrogens with one attached hydrogen (secondary N) is 1. The smallest absolute Gasteiger partial charge is 0.244 e. The Balaban J connectivity index is 1.82. The van der Waals surface area contributed by atoms with E-state index in [0.29, 0.717) is 17.3 Å². The second kappa shape index (κ2) is 6.86. The van der Waals surface area contributed by atoms with Crippen LogP contribution < -0.4 is 14.2 Å². The molecule has 3 rings (SSSR count). The molecular weight excluding hydrogens is 362 g/mol. The molecule has 0 aliphatic heterocycles. The minimum absolute atomic E-state index is 0.0706. The highest BCUT2D eigenvalue weighted by Gasteiger charge is 2.45. The monoisotopic (exact) mass is 381 g/mol. The largest absolute Gasteiger partial charge is 0.497 e. The first kappa shape index (κ1) is 18.0. The molecule has 1 N–H and O–H groups in total. The number of hydrogen-bond acceptors (Lipinski definition) is 4. The Hall–Kier alpha value is -1.76. The summed E-state index contributed by atoms with van der Waals surface area (Å²) in [7, 11) is -0.793. The lowest BCUT2D eigenvalue weighted by atomic mass is 9.96. The van der Waals surface area contributed by atoms with Crippen molar-refractivity contribution in [2.24, 2.45) is 0 Å². The molecule has 2 aromatic rings. The van der Waals surface area contributed by atoms with Crippen molar-refractivity contribution in [2.75, 3.05) is 20.8 Å². The predicted molar refractivity (Wildman–Crippen MR) is 97.1 cm³/mol. The van der Waals surface area contributed by atoms with Gasteiger partial charge in [-0.25, -0.2) is 13.1 Å². The highest BCUT2D eigenvalue weighted by atomic mass is 35.5. The second-order valence-corrected chi connectivity index (χ2v) is 8.30. The van der Waals surface area contributed by atoms with Crippen LogP contribution in [-0.4, -0.2) is 29.2 Å². The molecule has 1 aliphatic carbocycles. The lowest BCUT2D eigenvalue weighted by molar-refractivity contribution is 0.392. The maximum atomic E-state index is 12.8. The fourth-order valence-corrected chi connectivity index (χ4v) is 4.26. The van der Waals surface area contributed by atoms with Gasteiger partial charge in [-0.05, 0) is 42.7 Å². The lowest BCUT2D eigenvalue weighted by Gasteiger charge is -2.18. The highest BCUT2D eigenvalue weighted by Crippen LogP contribution is 2.48. The van der Waals surface area contributed by atoms with E-state index in [2.05, 4.69) is 4.72 Å². The van der Waals surface area contributed by atoms with E-state index in [0.717, 1.165) is 18.4 Å². The quantitative estimate of drug-likeness (QED) is 0.798. The first-order valence-electron chi connectivity index (χ1n) is 7.88. The van der Waals surface area contributed by atoms with E-state index in [9.17, 15) is 8.42 Å². The predicted octanol–water partition coefficient (Wildman–Crippen LogP) is 3.37. The van der Waals surface area contributed by atoms with Crippen molar-refractivity contribution >= 4 is 21.6 Å². The van der Waals surface area contributed by atoms with Gasteiger partial charge in [-0.15, -0.1) is 0 Å². The molecule has 0 spiro atoms. The summed E-state index contributed by atoms with van der Waals surface area (Å²) in [6.07, 6.45) is 1.87. The first-order chi connectivity index (χ1) is 11.9. The third-order valence-corrected chi connectivity index (χ3v) is 6.25. The van der Waals surface area contributed by atoms with Crippen LogP contribution in [0.5, 0.6) is 11.5 Å². The van der Waals surface area contributed by atoms with Crippen molar-refractivity contribution in [2.45, 2.75) is 23.2 Å². The fourth-order valence-electron chi connectivity index (χ4n) is 2.83. The van der Waals surface area contributed by atoms with Crippen molar-refractivity contribution in [3.63, 3.8) is 0 Å². The van der Waals surface area contributed by atoms with Gasteiger partial charge in [0.15, 0.2) is 0 Å². The zero-order valence-corrected chi connectivity index (χ0v) is 15.7. The molecule has 1 aliphatic rings. The van der Waals surface area contributed by atoms with Gasteiger partial charge in [0, 0.05) is 23.0 Å². The van der Waals surface area contributed by atoms with Crippen LogP contribution in [0.1, 0.15) is 18.4 Å². The second-order valence-electron chi connectivity index (χ2n) is 6.13. The molecule has 0 atom stereocenters. The molecule has 5 nitrogen and oxygen atoms in total. The fraction of sp³-hybridized carbons (Fsp3) is 0.333. The number of rotatable bonds is 7. The van der Waals surface area contributed by atoms with Crippen LogP contribution in [0.3, 0.4) is 0 Å². The molecule has 2 aromatic carbocycles. The minimum Gasteiger partial charge on any atom is -0.497 e. The number of ether oxygens (including phenoxy) is 2. The maximum absolute atomic E-state index is 12.8. The van der Waals surface area contributed by atoms with Crippen LogP contribution in [0, 0.1) is 0 Å². The van der Waals surface area contributed by atoms with Gasteiger partial charge in [0.25, 0.3) is 0 Å². The first-order valence-corrected chi connectivity index (χ1v) is 9.74. The topological polar surface area (TPSA) is 64.6 Å². The number of benzene rings is 2. The Kier molecular flexibility index (Phi) is 4.95. The third-order valence-electron chi connectivity index (χ3n) is 4.57. The van der Waals surface area contributed by atoms with Crippen LogP contribution >= 0.6 is 11.6 Å². The van der Waals surface area contributed by atoms with Crippen LogP contribution in [0.15, 0.2) is 47.4 Å². The summed E-state index contributed by atoms with van der Waals surface area (Å²) in [5.41, 5.74) is 0.932. The summed E-state index contributed by atoms with van der Waals surface area (Å²) in [5, 5.41) is 0.668. The Labute approximate surface area is 153 Å². The summed E-state index contributed by atoms with van der Waals surface area (Å²) in [6, 6.07) is 12.3. The van der Waals surface area contributed by atoms with Crippen molar-refractivity contribution in [3.05, 3.63) is 53.1 Å². The van der Waals surface area contributed by atoms with Gasteiger partial charge >= 0.3 is 0 Å². The van der Waals surface area contributed by atoms with E-state index in [1.165, 1.54) is 20.3 Å². The molecule has 0 heterocycles. The Bertz CT molecular complexity index is 861. The summed E-state index contributed by atoms with van der Waals surface area (Å²) in [6.45, 7) is 0.331. The van der Waals surface area contributed by atoms with E-state index in [4.69, 9.17) is 21.1 Å². The molecule has 0 bridgehead atoms. The molecule has 7 heteroatoms. The molecule has 0 amide bonds. The summed E-state index contributed by atoms with van der Waals surface area (Å²) in [5.74, 6) is 0.740. The van der Waals surface area contributed by atoms with E-state index >= 15 is 0 Å². The van der Waals surface area contributed by atoms with Gasteiger partial charge < -0.3 is 9.47 Å². The average Bonchev–Trinajstić information content (AvgIpc) is 3.41. The standard InChI is InChI=1S/C18H20ClNO4S/c1-23-15-7-8-16(24-2)17(11-15)25(21,22)20-12-18(9-10-18)13-3-5-14(19)6-4-13/h3-8,11,20H,9-10,12H2,1-2H3. The molecule has 134 valence electrons. The van der Waals surface area contributed by atoms with E-state index < -0.39 is 10.0 Å². The minimum atomic E-state index is -3.73. The molecule has 25 heavy (non-hydrogen) atoms. The van der Waals surface area contributed by atoms with E-state index in [1.54, 1.807) is 12.1 Å². The number of sulfonamides is 1. The summed E-state index contributed by atoms with van der Waals surface area (Å²) >= 11 is 5.94. The zero-order chi connectivity index (χ0) is 18.1. The Morgan fingerprint density at radius 1 is 1.08 bits per heavy atom. The van der Waals surface area contributed by atoms with Crippen LogP contribution in [0.4, 0.5) is 0 Å². The van der Waals surface area contributed by atoms with Crippen LogP contribution in [0.2, 0.25) is 5.02 Å². The summed E-state index contributed by atoms with van der Waals surface area (Å²) in [4.78, 5) is 0.0706. The SMILES string of the molecule is COc1ccc(OC)c(S(=O)(=O)NCC2(c3ccc(Cl)cc3)CC2)c1. The van der Waals surface area contributed by atoms with E-state index in [1.807, 2.05) is 24.3 Å². The van der Waals surface area contributed by atoms with Crippen molar-refractivity contribution in [3.8, 4) is 11.5 Å². The molecular formula is C18H20ClNO4S. The average molecular weight is 382 g/mol.